The maximum Gasteiger partial charge on any atom is 0.223 e. The average Bonchev–Trinajstić information content (AvgIpc) is 2.86. The Kier molecular flexibility index (Phi) is 4.81. The lowest BCUT2D eigenvalue weighted by Crippen LogP contribution is -2.36. The summed E-state index contributed by atoms with van der Waals surface area (Å²) < 4.78 is 0. The smallest absolute Gasteiger partial charge is 0.223 e. The van der Waals surface area contributed by atoms with Crippen LogP contribution in [0.25, 0.3) is 0 Å². The largest absolute Gasteiger partial charge is 0.356 e. The van der Waals surface area contributed by atoms with Gasteiger partial charge in [-0.1, -0.05) is 12.2 Å². The molecule has 1 saturated heterocycles. The van der Waals surface area contributed by atoms with Crippen LogP contribution in [-0.4, -0.2) is 36.5 Å². The molecular formula is C15H26N2O. The fourth-order valence-corrected chi connectivity index (χ4v) is 2.92. The highest BCUT2D eigenvalue weighted by Gasteiger charge is 2.25. The topological polar surface area (TPSA) is 32.3 Å². The number of likely N-dealkylation sites (tertiary alicyclic amines) is 1. The van der Waals surface area contributed by atoms with Gasteiger partial charge in [-0.15, -0.1) is 0 Å². The van der Waals surface area contributed by atoms with Gasteiger partial charge in [-0.25, -0.2) is 0 Å². The summed E-state index contributed by atoms with van der Waals surface area (Å²) in [7, 11) is 0. The molecule has 0 aromatic carbocycles. The minimum atomic E-state index is 0.220. The first-order chi connectivity index (χ1) is 8.66. The maximum absolute atomic E-state index is 12.0. The molecule has 1 heterocycles. The van der Waals surface area contributed by atoms with Crippen LogP contribution in [-0.2, 0) is 4.79 Å². The van der Waals surface area contributed by atoms with Gasteiger partial charge in [0, 0.05) is 25.0 Å². The van der Waals surface area contributed by atoms with Gasteiger partial charge in [-0.3, -0.25) is 4.79 Å². The van der Waals surface area contributed by atoms with Crippen LogP contribution in [0.3, 0.4) is 0 Å². The van der Waals surface area contributed by atoms with Crippen molar-refractivity contribution in [3.63, 3.8) is 0 Å². The molecule has 18 heavy (non-hydrogen) atoms. The fourth-order valence-electron chi connectivity index (χ4n) is 2.92. The van der Waals surface area contributed by atoms with E-state index in [1.165, 1.54) is 13.0 Å². The van der Waals surface area contributed by atoms with E-state index < -0.39 is 0 Å². The predicted molar refractivity (Wildman–Crippen MR) is 74.3 cm³/mol. The SMILES string of the molecule is CC(C)N1CC[C@H](CNC(=O)[C@H]2CC=CCC2)C1. The second-order valence-corrected chi connectivity index (χ2v) is 5.97. The molecule has 1 aliphatic heterocycles. The molecule has 1 N–H and O–H groups in total. The molecule has 102 valence electrons. The first-order valence-corrected chi connectivity index (χ1v) is 7.33. The van der Waals surface area contributed by atoms with E-state index in [1.807, 2.05) is 0 Å². The number of nitrogens with one attached hydrogen (secondary N) is 1. The van der Waals surface area contributed by atoms with Crippen molar-refractivity contribution < 1.29 is 4.79 Å². The summed E-state index contributed by atoms with van der Waals surface area (Å²) in [5, 5.41) is 3.15. The summed E-state index contributed by atoms with van der Waals surface area (Å²) in [4.78, 5) is 14.5. The number of hydrogen-bond donors (Lipinski definition) is 1. The molecule has 0 bridgehead atoms. The number of carbonyl (C=O) groups is 1. The molecule has 0 spiro atoms. The number of carbonyl (C=O) groups excluding carboxylic acids is 1. The van der Waals surface area contributed by atoms with Crippen LogP contribution in [0.4, 0.5) is 0 Å². The Labute approximate surface area is 111 Å². The van der Waals surface area contributed by atoms with Gasteiger partial charge in [-0.2, -0.15) is 0 Å². The Morgan fingerprint density at radius 1 is 1.39 bits per heavy atom. The van der Waals surface area contributed by atoms with Crippen molar-refractivity contribution in [2.45, 2.75) is 45.6 Å². The summed E-state index contributed by atoms with van der Waals surface area (Å²) in [6, 6.07) is 0.634. The van der Waals surface area contributed by atoms with Crippen molar-refractivity contribution in [2.24, 2.45) is 11.8 Å². The van der Waals surface area contributed by atoms with Crippen LogP contribution in [0.5, 0.6) is 0 Å². The Morgan fingerprint density at radius 3 is 2.83 bits per heavy atom. The predicted octanol–water partition coefficient (Wildman–Crippen LogP) is 2.19. The van der Waals surface area contributed by atoms with Gasteiger partial charge in [0.2, 0.25) is 5.91 Å². The molecule has 2 aliphatic rings. The molecule has 1 amide bonds. The Hall–Kier alpha value is -0.830. The van der Waals surface area contributed by atoms with Crippen LogP contribution < -0.4 is 5.32 Å². The Bertz CT molecular complexity index is 312. The highest BCUT2D eigenvalue weighted by Crippen LogP contribution is 2.20. The van der Waals surface area contributed by atoms with Crippen LogP contribution >= 0.6 is 0 Å². The molecule has 3 heteroatoms. The third-order valence-electron chi connectivity index (χ3n) is 4.25. The van der Waals surface area contributed by atoms with E-state index in [2.05, 4.69) is 36.2 Å². The van der Waals surface area contributed by atoms with E-state index in [-0.39, 0.29) is 11.8 Å². The molecule has 0 saturated carbocycles. The van der Waals surface area contributed by atoms with E-state index in [1.54, 1.807) is 0 Å². The molecule has 2 atom stereocenters. The van der Waals surface area contributed by atoms with Crippen molar-refractivity contribution >= 4 is 5.91 Å². The van der Waals surface area contributed by atoms with E-state index in [9.17, 15) is 4.79 Å². The molecule has 1 fully saturated rings. The zero-order valence-electron chi connectivity index (χ0n) is 11.7. The third kappa shape index (κ3) is 3.58. The summed E-state index contributed by atoms with van der Waals surface area (Å²) in [5.74, 6) is 1.13. The number of hydrogen-bond acceptors (Lipinski definition) is 2. The van der Waals surface area contributed by atoms with Crippen molar-refractivity contribution in [1.29, 1.82) is 0 Å². The molecule has 2 rings (SSSR count). The van der Waals surface area contributed by atoms with Gasteiger partial charge in [0.25, 0.3) is 0 Å². The van der Waals surface area contributed by atoms with Gasteiger partial charge < -0.3 is 10.2 Å². The zero-order chi connectivity index (χ0) is 13.0. The van der Waals surface area contributed by atoms with Gasteiger partial charge in [0.15, 0.2) is 0 Å². The lowest BCUT2D eigenvalue weighted by molar-refractivity contribution is -0.125. The number of amides is 1. The first kappa shape index (κ1) is 13.6. The van der Waals surface area contributed by atoms with Gasteiger partial charge >= 0.3 is 0 Å². The molecule has 0 aromatic heterocycles. The molecule has 0 aromatic rings. The number of rotatable bonds is 4. The number of nitrogens with zero attached hydrogens (tertiary/aromatic N) is 1. The zero-order valence-corrected chi connectivity index (χ0v) is 11.7. The van der Waals surface area contributed by atoms with Crippen molar-refractivity contribution in [3.05, 3.63) is 12.2 Å². The summed E-state index contributed by atoms with van der Waals surface area (Å²) in [6.07, 6.45) is 8.55. The van der Waals surface area contributed by atoms with Gasteiger partial charge in [-0.05, 0) is 52.0 Å². The summed E-state index contributed by atoms with van der Waals surface area (Å²) >= 11 is 0. The van der Waals surface area contributed by atoms with Crippen LogP contribution in [0.15, 0.2) is 12.2 Å². The molecule has 0 radical (unpaired) electrons. The molecule has 1 aliphatic carbocycles. The van der Waals surface area contributed by atoms with Crippen molar-refractivity contribution in [2.75, 3.05) is 19.6 Å². The Balaban J connectivity index is 1.69. The molecule has 3 nitrogen and oxygen atoms in total. The first-order valence-electron chi connectivity index (χ1n) is 7.33. The van der Waals surface area contributed by atoms with Crippen LogP contribution in [0.1, 0.15) is 39.5 Å². The van der Waals surface area contributed by atoms with E-state index >= 15 is 0 Å². The number of allylic oxidation sites excluding steroid dienone is 2. The quantitative estimate of drug-likeness (QED) is 0.776. The van der Waals surface area contributed by atoms with Crippen LogP contribution in [0, 0.1) is 11.8 Å². The van der Waals surface area contributed by atoms with E-state index in [0.29, 0.717) is 12.0 Å². The lowest BCUT2D eigenvalue weighted by atomic mass is 9.93. The van der Waals surface area contributed by atoms with E-state index in [0.717, 1.165) is 32.4 Å². The van der Waals surface area contributed by atoms with E-state index in [4.69, 9.17) is 0 Å². The minimum absolute atomic E-state index is 0.220. The summed E-state index contributed by atoms with van der Waals surface area (Å²) in [6.45, 7) is 7.68. The second kappa shape index (κ2) is 6.37. The fraction of sp³-hybridized carbons (Fsp3) is 0.800. The van der Waals surface area contributed by atoms with Gasteiger partial charge in [0.05, 0.1) is 0 Å². The van der Waals surface area contributed by atoms with Gasteiger partial charge in [0.1, 0.15) is 0 Å². The average molecular weight is 250 g/mol. The standard InChI is InChI=1S/C15H26N2O/c1-12(2)17-9-8-13(11-17)10-16-15(18)14-6-4-3-5-7-14/h3-4,12-14H,5-11H2,1-2H3,(H,16,18)/t13-,14+/m1/s1. The molecular weight excluding hydrogens is 224 g/mol. The highest BCUT2D eigenvalue weighted by molar-refractivity contribution is 5.78. The normalized spacial score (nSPS) is 28.8. The third-order valence-corrected chi connectivity index (χ3v) is 4.25. The highest BCUT2D eigenvalue weighted by atomic mass is 16.1. The van der Waals surface area contributed by atoms with Crippen molar-refractivity contribution in [3.8, 4) is 0 Å². The lowest BCUT2D eigenvalue weighted by Gasteiger charge is -2.21. The van der Waals surface area contributed by atoms with Crippen LogP contribution in [0.2, 0.25) is 0 Å². The summed E-state index contributed by atoms with van der Waals surface area (Å²) in [5.41, 5.74) is 0. The van der Waals surface area contributed by atoms with Crippen molar-refractivity contribution in [1.82, 2.24) is 10.2 Å². The second-order valence-electron chi connectivity index (χ2n) is 5.97. The minimum Gasteiger partial charge on any atom is -0.356 e. The molecule has 0 unspecified atom stereocenters. The maximum atomic E-state index is 12.0. The monoisotopic (exact) mass is 250 g/mol. The Morgan fingerprint density at radius 2 is 2.22 bits per heavy atom.